The molecule has 38 heavy (non-hydrogen) atoms. The fraction of sp³-hybridized carbons (Fsp3) is 0.400. The molecule has 206 valence electrons. The quantitative estimate of drug-likeness (QED) is 0.478. The number of nitrogens with one attached hydrogen (secondary N) is 2. The number of rotatable bonds is 7. The van der Waals surface area contributed by atoms with Crippen LogP contribution in [0.3, 0.4) is 0 Å². The van der Waals surface area contributed by atoms with Gasteiger partial charge in [-0.1, -0.05) is 42.8 Å². The van der Waals surface area contributed by atoms with Crippen molar-refractivity contribution >= 4 is 21.9 Å². The average molecular weight is 555 g/mol. The van der Waals surface area contributed by atoms with Crippen LogP contribution in [-0.2, 0) is 26.0 Å². The summed E-state index contributed by atoms with van der Waals surface area (Å²) < 4.78 is 57.7. The highest BCUT2D eigenvalue weighted by atomic mass is 32.2. The number of sulfonamides is 1. The molecule has 1 heterocycles. The summed E-state index contributed by atoms with van der Waals surface area (Å²) in [4.78, 5) is 21.5. The average Bonchev–Trinajstić information content (AvgIpc) is 2.89. The Morgan fingerprint density at radius 1 is 1.16 bits per heavy atom. The summed E-state index contributed by atoms with van der Waals surface area (Å²) in [6.45, 7) is 0.827. The number of hydrogen-bond acceptors (Lipinski definition) is 6. The number of amides is 1. The fourth-order valence-corrected chi connectivity index (χ4v) is 4.54. The third-order valence-corrected chi connectivity index (χ3v) is 7.49. The van der Waals surface area contributed by atoms with Gasteiger partial charge in [0, 0.05) is 20.5 Å². The van der Waals surface area contributed by atoms with Crippen molar-refractivity contribution in [3.8, 4) is 17.2 Å². The van der Waals surface area contributed by atoms with Crippen LogP contribution in [0.15, 0.2) is 53.4 Å². The molecular weight excluding hydrogens is 525 g/mol. The molecule has 9 nitrogen and oxygen atoms in total. The number of nitriles is 1. The second kappa shape index (κ2) is 13.4. The summed E-state index contributed by atoms with van der Waals surface area (Å²) in [6, 6.07) is 15.8. The Balaban J connectivity index is 0.000000638. The van der Waals surface area contributed by atoms with E-state index < -0.39 is 28.2 Å². The highest BCUT2D eigenvalue weighted by molar-refractivity contribution is 7.89. The number of carboxylic acid groups (broad SMARTS) is 1. The van der Waals surface area contributed by atoms with E-state index >= 15 is 0 Å². The van der Waals surface area contributed by atoms with Gasteiger partial charge >= 0.3 is 12.1 Å². The van der Waals surface area contributed by atoms with Crippen LogP contribution in [-0.4, -0.2) is 68.6 Å². The van der Waals surface area contributed by atoms with Gasteiger partial charge in [-0.3, -0.25) is 4.79 Å². The van der Waals surface area contributed by atoms with Gasteiger partial charge in [-0.25, -0.2) is 17.5 Å². The minimum Gasteiger partial charge on any atom is -0.475 e. The number of piperidine rings is 1. The largest absolute Gasteiger partial charge is 0.490 e. The predicted molar refractivity (Wildman–Crippen MR) is 133 cm³/mol. The third-order valence-electron chi connectivity index (χ3n) is 5.68. The van der Waals surface area contributed by atoms with Gasteiger partial charge < -0.3 is 15.7 Å². The molecule has 0 saturated carbocycles. The predicted octanol–water partition coefficient (Wildman–Crippen LogP) is 2.93. The van der Waals surface area contributed by atoms with Gasteiger partial charge in [0.25, 0.3) is 0 Å². The lowest BCUT2D eigenvalue weighted by Crippen LogP contribution is -2.49. The minimum absolute atomic E-state index is 0.123. The molecule has 13 heteroatoms. The van der Waals surface area contributed by atoms with Crippen LogP contribution in [0.2, 0.25) is 0 Å². The second-order valence-electron chi connectivity index (χ2n) is 8.71. The normalized spacial score (nSPS) is 16.5. The number of carbonyl (C=O) groups excluding carboxylic acids is 1. The zero-order valence-corrected chi connectivity index (χ0v) is 21.6. The molecule has 0 unspecified atom stereocenters. The molecule has 0 radical (unpaired) electrons. The third kappa shape index (κ3) is 8.83. The van der Waals surface area contributed by atoms with E-state index in [9.17, 15) is 31.6 Å². The van der Waals surface area contributed by atoms with Crippen molar-refractivity contribution in [1.29, 1.82) is 5.26 Å². The molecule has 1 amide bonds. The molecule has 2 atom stereocenters. The molecule has 0 spiro atoms. The molecule has 1 aliphatic heterocycles. The van der Waals surface area contributed by atoms with E-state index in [0.29, 0.717) is 6.42 Å². The van der Waals surface area contributed by atoms with Crippen molar-refractivity contribution in [2.24, 2.45) is 0 Å². The first-order valence-corrected chi connectivity index (χ1v) is 13.0. The SMILES string of the molecule is CN(C)S(=O)(=O)c1cccc(-c2ccc(C[C@@H](C#N)NC(=O)[C@@H]3CCCCN3)cc2)c1.O=C(O)C(F)(F)F. The van der Waals surface area contributed by atoms with Crippen LogP contribution in [0.5, 0.6) is 0 Å². The first kappa shape index (κ1) is 30.8. The molecule has 3 rings (SSSR count). The van der Waals surface area contributed by atoms with Crippen LogP contribution in [0.4, 0.5) is 13.2 Å². The van der Waals surface area contributed by atoms with E-state index in [2.05, 4.69) is 16.7 Å². The van der Waals surface area contributed by atoms with Gasteiger partial charge in [0.1, 0.15) is 6.04 Å². The fourth-order valence-electron chi connectivity index (χ4n) is 3.59. The molecule has 2 aromatic rings. The maximum absolute atomic E-state index is 12.4. The Labute approximate surface area is 219 Å². The Kier molecular flexibility index (Phi) is 10.8. The maximum Gasteiger partial charge on any atom is 0.490 e. The lowest BCUT2D eigenvalue weighted by Gasteiger charge is -2.23. The van der Waals surface area contributed by atoms with Gasteiger partial charge in [-0.15, -0.1) is 0 Å². The Morgan fingerprint density at radius 3 is 2.29 bits per heavy atom. The van der Waals surface area contributed by atoms with E-state index in [-0.39, 0.29) is 16.8 Å². The van der Waals surface area contributed by atoms with Crippen LogP contribution < -0.4 is 10.6 Å². The highest BCUT2D eigenvalue weighted by Crippen LogP contribution is 2.24. The number of alkyl halides is 3. The first-order valence-electron chi connectivity index (χ1n) is 11.6. The van der Waals surface area contributed by atoms with Crippen molar-refractivity contribution in [3.63, 3.8) is 0 Å². The minimum atomic E-state index is -5.08. The van der Waals surface area contributed by atoms with Crippen LogP contribution in [0, 0.1) is 11.3 Å². The van der Waals surface area contributed by atoms with Crippen molar-refractivity contribution in [2.75, 3.05) is 20.6 Å². The number of aliphatic carboxylic acids is 1. The molecule has 0 bridgehead atoms. The maximum atomic E-state index is 12.4. The first-order chi connectivity index (χ1) is 17.8. The molecule has 0 aromatic heterocycles. The van der Waals surface area contributed by atoms with Gasteiger partial charge in [-0.05, 0) is 48.2 Å². The summed E-state index contributed by atoms with van der Waals surface area (Å²) in [7, 11) is -0.493. The van der Waals surface area contributed by atoms with Gasteiger partial charge in [0.15, 0.2) is 0 Å². The van der Waals surface area contributed by atoms with Crippen LogP contribution in [0.25, 0.3) is 11.1 Å². The summed E-state index contributed by atoms with van der Waals surface area (Å²) in [5, 5.41) is 22.6. The monoisotopic (exact) mass is 554 g/mol. The standard InChI is InChI=1S/C23H28N4O3S.C2HF3O2/c1-27(2)31(29,30)21-7-5-6-19(15-21)18-11-9-17(10-12-18)14-20(16-24)26-23(28)22-8-3-4-13-25-22;3-2(4,5)1(6)7/h5-7,9-12,15,20,22,25H,3-4,8,13-14H2,1-2H3,(H,26,28);(H,6,7)/t20-,22-;/m0./s1. The number of carboxylic acids is 1. The molecule has 3 N–H and O–H groups in total. The van der Waals surface area contributed by atoms with Crippen molar-refractivity contribution < 1.29 is 36.3 Å². The molecule has 0 aliphatic carbocycles. The van der Waals surface area contributed by atoms with Crippen molar-refractivity contribution in [2.45, 2.75) is 48.8 Å². The van der Waals surface area contributed by atoms with E-state index in [1.165, 1.54) is 18.4 Å². The van der Waals surface area contributed by atoms with Crippen molar-refractivity contribution in [1.82, 2.24) is 14.9 Å². The van der Waals surface area contributed by atoms with Crippen LogP contribution in [0.1, 0.15) is 24.8 Å². The lowest BCUT2D eigenvalue weighted by atomic mass is 10.00. The smallest absolute Gasteiger partial charge is 0.475 e. The second-order valence-corrected chi connectivity index (χ2v) is 10.9. The summed E-state index contributed by atoms with van der Waals surface area (Å²) in [5.41, 5.74) is 2.59. The number of benzene rings is 2. The number of halogens is 3. The van der Waals surface area contributed by atoms with E-state index in [1.54, 1.807) is 18.2 Å². The zero-order valence-electron chi connectivity index (χ0n) is 20.8. The molecule has 1 fully saturated rings. The Hall–Kier alpha value is -3.47. The Morgan fingerprint density at radius 2 is 1.79 bits per heavy atom. The molecular formula is C25H29F3N4O5S. The molecule has 1 saturated heterocycles. The zero-order chi connectivity index (χ0) is 28.5. The van der Waals surface area contributed by atoms with E-state index in [0.717, 1.165) is 42.5 Å². The number of carbonyl (C=O) groups is 2. The lowest BCUT2D eigenvalue weighted by molar-refractivity contribution is -0.192. The number of nitrogens with zero attached hydrogens (tertiary/aromatic N) is 2. The highest BCUT2D eigenvalue weighted by Gasteiger charge is 2.38. The Bertz CT molecular complexity index is 1250. The molecule has 2 aromatic carbocycles. The van der Waals surface area contributed by atoms with Gasteiger partial charge in [0.05, 0.1) is 17.0 Å². The topological polar surface area (TPSA) is 140 Å². The van der Waals surface area contributed by atoms with Crippen molar-refractivity contribution in [3.05, 3.63) is 54.1 Å². The number of hydrogen-bond donors (Lipinski definition) is 3. The summed E-state index contributed by atoms with van der Waals surface area (Å²) >= 11 is 0. The van der Waals surface area contributed by atoms with E-state index in [4.69, 9.17) is 9.90 Å². The summed E-state index contributed by atoms with van der Waals surface area (Å²) in [6.07, 6.45) is -1.80. The van der Waals surface area contributed by atoms with E-state index in [1.807, 2.05) is 30.3 Å². The van der Waals surface area contributed by atoms with Crippen LogP contribution >= 0.6 is 0 Å². The molecule has 1 aliphatic rings. The summed E-state index contributed by atoms with van der Waals surface area (Å²) in [5.74, 6) is -2.88. The van der Waals surface area contributed by atoms with Gasteiger partial charge in [0.2, 0.25) is 15.9 Å². The van der Waals surface area contributed by atoms with Gasteiger partial charge in [-0.2, -0.15) is 18.4 Å².